The summed E-state index contributed by atoms with van der Waals surface area (Å²) in [7, 11) is 1.71. The van der Waals surface area contributed by atoms with E-state index in [1.807, 2.05) is 18.2 Å². The van der Waals surface area contributed by atoms with E-state index in [0.717, 1.165) is 18.0 Å². The number of hydrogen-bond acceptors (Lipinski definition) is 4. The summed E-state index contributed by atoms with van der Waals surface area (Å²) < 4.78 is 5.27. The molecule has 0 radical (unpaired) electrons. The highest BCUT2D eigenvalue weighted by Gasteiger charge is 2.29. The van der Waals surface area contributed by atoms with Gasteiger partial charge in [-0.25, -0.2) is 0 Å². The smallest absolute Gasteiger partial charge is 0.119 e. The van der Waals surface area contributed by atoms with Gasteiger partial charge in [0.2, 0.25) is 0 Å². The Labute approximate surface area is 119 Å². The Morgan fingerprint density at radius 3 is 2.90 bits per heavy atom. The number of methoxy groups -OCH3 is 1. The molecule has 2 aromatic rings. The van der Waals surface area contributed by atoms with Gasteiger partial charge < -0.3 is 10.1 Å². The van der Waals surface area contributed by atoms with Crippen LogP contribution < -0.4 is 10.1 Å². The Bertz CT molecular complexity index is 553. The molecule has 4 heteroatoms. The van der Waals surface area contributed by atoms with E-state index < -0.39 is 0 Å². The summed E-state index contributed by atoms with van der Waals surface area (Å²) in [5.74, 6) is 1.59. The Kier molecular flexibility index (Phi) is 3.92. The lowest BCUT2D eigenvalue weighted by Gasteiger charge is -2.36. The summed E-state index contributed by atoms with van der Waals surface area (Å²) in [4.78, 5) is 0. The number of nitrogens with one attached hydrogen (secondary N) is 1. The van der Waals surface area contributed by atoms with Gasteiger partial charge in [0.05, 0.1) is 12.8 Å². The van der Waals surface area contributed by atoms with Gasteiger partial charge in [-0.3, -0.25) is 0 Å². The summed E-state index contributed by atoms with van der Waals surface area (Å²) in [5.41, 5.74) is 2.37. The van der Waals surface area contributed by atoms with E-state index in [1.165, 1.54) is 18.4 Å². The maximum atomic E-state index is 5.27. The molecule has 1 aliphatic rings. The van der Waals surface area contributed by atoms with Gasteiger partial charge in [0.15, 0.2) is 0 Å². The van der Waals surface area contributed by atoms with Crippen molar-refractivity contribution in [2.24, 2.45) is 0 Å². The van der Waals surface area contributed by atoms with E-state index in [0.29, 0.717) is 12.0 Å². The molecule has 0 spiro atoms. The number of ether oxygens (including phenoxy) is 1. The van der Waals surface area contributed by atoms with Crippen LogP contribution in [0.2, 0.25) is 0 Å². The van der Waals surface area contributed by atoms with Gasteiger partial charge in [-0.1, -0.05) is 12.1 Å². The summed E-state index contributed by atoms with van der Waals surface area (Å²) in [6.07, 6.45) is 4.05. The Morgan fingerprint density at radius 2 is 2.15 bits per heavy atom. The first kappa shape index (κ1) is 13.1. The molecule has 1 saturated carbocycles. The molecule has 0 unspecified atom stereocenters. The third-order valence-corrected chi connectivity index (χ3v) is 3.90. The Balaban J connectivity index is 1.49. The summed E-state index contributed by atoms with van der Waals surface area (Å²) in [6.45, 7) is 0.795. The number of hydrogen-bond donors (Lipinski definition) is 1. The SMILES string of the molecule is COc1cccc(C2CC(NCc3cccnn3)C2)c1. The minimum absolute atomic E-state index is 0.577. The lowest BCUT2D eigenvalue weighted by Crippen LogP contribution is -2.39. The van der Waals surface area contributed by atoms with Crippen molar-refractivity contribution in [2.75, 3.05) is 7.11 Å². The zero-order valence-corrected chi connectivity index (χ0v) is 11.6. The van der Waals surface area contributed by atoms with Crippen molar-refractivity contribution in [2.45, 2.75) is 31.3 Å². The van der Waals surface area contributed by atoms with Crippen LogP contribution in [-0.2, 0) is 6.54 Å². The Morgan fingerprint density at radius 1 is 1.25 bits per heavy atom. The molecule has 1 heterocycles. The predicted molar refractivity (Wildman–Crippen MR) is 77.6 cm³/mol. The van der Waals surface area contributed by atoms with Gasteiger partial charge >= 0.3 is 0 Å². The molecule has 1 fully saturated rings. The molecular formula is C16H19N3O. The molecule has 3 rings (SSSR count). The lowest BCUT2D eigenvalue weighted by atomic mass is 9.76. The minimum atomic E-state index is 0.577. The van der Waals surface area contributed by atoms with Crippen LogP contribution >= 0.6 is 0 Å². The minimum Gasteiger partial charge on any atom is -0.497 e. The van der Waals surface area contributed by atoms with E-state index in [-0.39, 0.29) is 0 Å². The average Bonchev–Trinajstić information content (AvgIpc) is 2.47. The standard InChI is InChI=1S/C16H19N3O/c1-20-16-6-2-4-12(10-16)13-8-15(9-13)17-11-14-5-3-7-18-19-14/h2-7,10,13,15,17H,8-9,11H2,1H3. The molecule has 0 saturated heterocycles. The van der Waals surface area contributed by atoms with Crippen LogP contribution in [0.15, 0.2) is 42.6 Å². The van der Waals surface area contributed by atoms with Gasteiger partial charge in [-0.15, -0.1) is 0 Å². The van der Waals surface area contributed by atoms with Crippen LogP contribution in [0, 0.1) is 0 Å². The van der Waals surface area contributed by atoms with Crippen molar-refractivity contribution >= 4 is 0 Å². The number of rotatable bonds is 5. The Hall–Kier alpha value is -1.94. The van der Waals surface area contributed by atoms with Gasteiger partial charge in [0, 0.05) is 18.8 Å². The van der Waals surface area contributed by atoms with Crippen molar-refractivity contribution < 1.29 is 4.74 Å². The number of benzene rings is 1. The monoisotopic (exact) mass is 269 g/mol. The molecule has 0 amide bonds. The second-order valence-electron chi connectivity index (χ2n) is 5.24. The average molecular weight is 269 g/mol. The molecule has 0 atom stereocenters. The van der Waals surface area contributed by atoms with Crippen LogP contribution in [0.25, 0.3) is 0 Å². The highest BCUT2D eigenvalue weighted by Crippen LogP contribution is 2.37. The lowest BCUT2D eigenvalue weighted by molar-refractivity contribution is 0.287. The molecule has 104 valence electrons. The molecule has 20 heavy (non-hydrogen) atoms. The maximum absolute atomic E-state index is 5.27. The quantitative estimate of drug-likeness (QED) is 0.906. The highest BCUT2D eigenvalue weighted by atomic mass is 16.5. The second kappa shape index (κ2) is 6.01. The van der Waals surface area contributed by atoms with Gasteiger partial charge in [0.25, 0.3) is 0 Å². The summed E-state index contributed by atoms with van der Waals surface area (Å²) >= 11 is 0. The first-order valence-corrected chi connectivity index (χ1v) is 6.99. The fourth-order valence-corrected chi connectivity index (χ4v) is 2.63. The van der Waals surface area contributed by atoms with Crippen molar-refractivity contribution in [3.63, 3.8) is 0 Å². The molecule has 0 aliphatic heterocycles. The topological polar surface area (TPSA) is 47.0 Å². The van der Waals surface area contributed by atoms with E-state index in [2.05, 4.69) is 33.7 Å². The molecule has 0 bridgehead atoms. The van der Waals surface area contributed by atoms with Crippen LogP contribution in [0.5, 0.6) is 5.75 Å². The first-order chi connectivity index (χ1) is 9.85. The molecule has 1 aromatic heterocycles. The molecular weight excluding hydrogens is 250 g/mol. The molecule has 4 nitrogen and oxygen atoms in total. The van der Waals surface area contributed by atoms with E-state index in [9.17, 15) is 0 Å². The van der Waals surface area contributed by atoms with Crippen molar-refractivity contribution in [1.29, 1.82) is 0 Å². The number of nitrogens with zero attached hydrogens (tertiary/aromatic N) is 2. The van der Waals surface area contributed by atoms with Gasteiger partial charge in [-0.2, -0.15) is 10.2 Å². The maximum Gasteiger partial charge on any atom is 0.119 e. The third kappa shape index (κ3) is 2.96. The van der Waals surface area contributed by atoms with Crippen LogP contribution in [-0.4, -0.2) is 23.3 Å². The van der Waals surface area contributed by atoms with Gasteiger partial charge in [0.1, 0.15) is 5.75 Å². The fraction of sp³-hybridized carbons (Fsp3) is 0.375. The normalized spacial score (nSPS) is 21.2. The summed E-state index contributed by atoms with van der Waals surface area (Å²) in [5, 5.41) is 11.5. The molecule has 1 aromatic carbocycles. The summed E-state index contributed by atoms with van der Waals surface area (Å²) in [6, 6.07) is 12.9. The van der Waals surface area contributed by atoms with E-state index >= 15 is 0 Å². The fourth-order valence-electron chi connectivity index (χ4n) is 2.63. The number of aromatic nitrogens is 2. The predicted octanol–water partition coefficient (Wildman–Crippen LogP) is 2.52. The molecule has 1 aliphatic carbocycles. The molecule has 1 N–H and O–H groups in total. The van der Waals surface area contributed by atoms with E-state index in [4.69, 9.17) is 4.74 Å². The van der Waals surface area contributed by atoms with Gasteiger partial charge in [-0.05, 0) is 48.6 Å². The van der Waals surface area contributed by atoms with Crippen molar-refractivity contribution in [3.8, 4) is 5.75 Å². The second-order valence-corrected chi connectivity index (χ2v) is 5.24. The van der Waals surface area contributed by atoms with Crippen molar-refractivity contribution in [1.82, 2.24) is 15.5 Å². The first-order valence-electron chi connectivity index (χ1n) is 6.99. The largest absolute Gasteiger partial charge is 0.497 e. The third-order valence-electron chi connectivity index (χ3n) is 3.90. The van der Waals surface area contributed by atoms with E-state index in [1.54, 1.807) is 13.3 Å². The highest BCUT2D eigenvalue weighted by molar-refractivity contribution is 5.32. The zero-order chi connectivity index (χ0) is 13.8. The zero-order valence-electron chi connectivity index (χ0n) is 11.6. The van der Waals surface area contributed by atoms with Crippen LogP contribution in [0.1, 0.15) is 30.0 Å². The van der Waals surface area contributed by atoms with Crippen molar-refractivity contribution in [3.05, 3.63) is 53.9 Å². The van der Waals surface area contributed by atoms with Crippen LogP contribution in [0.3, 0.4) is 0 Å². The van der Waals surface area contributed by atoms with Crippen LogP contribution in [0.4, 0.5) is 0 Å².